The highest BCUT2D eigenvalue weighted by atomic mass is 16.6. The minimum atomic E-state index is -0.0873. The van der Waals surface area contributed by atoms with Gasteiger partial charge in [-0.3, -0.25) is 0 Å². The number of allylic oxidation sites excluding steroid dienone is 1. The zero-order chi connectivity index (χ0) is 12.6. The van der Waals surface area contributed by atoms with E-state index >= 15 is 0 Å². The molecule has 18 heavy (non-hydrogen) atoms. The molecule has 0 N–H and O–H groups in total. The molecule has 96 valence electrons. The average molecular weight is 246 g/mol. The van der Waals surface area contributed by atoms with E-state index in [-0.39, 0.29) is 5.60 Å². The van der Waals surface area contributed by atoms with Crippen molar-refractivity contribution in [2.45, 2.75) is 24.9 Å². The Balaban J connectivity index is 2.08. The quantitative estimate of drug-likeness (QED) is 0.768. The van der Waals surface area contributed by atoms with E-state index in [0.717, 1.165) is 42.9 Å². The summed E-state index contributed by atoms with van der Waals surface area (Å²) in [7, 11) is 3.44. The number of rotatable bonds is 3. The summed E-state index contributed by atoms with van der Waals surface area (Å²) in [6.45, 7) is 0.812. The van der Waals surface area contributed by atoms with Crippen LogP contribution in [-0.4, -0.2) is 26.4 Å². The molecular weight excluding hydrogens is 228 g/mol. The molecule has 3 nitrogen and oxygen atoms in total. The lowest BCUT2D eigenvalue weighted by Crippen LogP contribution is -2.20. The van der Waals surface area contributed by atoms with Gasteiger partial charge in [-0.25, -0.2) is 0 Å². The van der Waals surface area contributed by atoms with Crippen LogP contribution >= 0.6 is 0 Å². The monoisotopic (exact) mass is 246 g/mol. The van der Waals surface area contributed by atoms with Gasteiger partial charge in [-0.05, 0) is 30.5 Å². The Labute approximate surface area is 107 Å². The topological polar surface area (TPSA) is 31.0 Å². The number of benzene rings is 1. The van der Waals surface area contributed by atoms with E-state index in [4.69, 9.17) is 14.2 Å². The molecule has 1 aromatic carbocycles. The van der Waals surface area contributed by atoms with Gasteiger partial charge in [0.15, 0.2) is 0 Å². The Morgan fingerprint density at radius 3 is 2.72 bits per heavy atom. The maximum atomic E-state index is 5.73. The Morgan fingerprint density at radius 2 is 2.06 bits per heavy atom. The molecule has 1 fully saturated rings. The van der Waals surface area contributed by atoms with Crippen molar-refractivity contribution < 1.29 is 14.2 Å². The fraction of sp³-hybridized carbons (Fsp3) is 0.467. The molecule has 0 saturated carbocycles. The van der Waals surface area contributed by atoms with Gasteiger partial charge in [0.05, 0.1) is 20.8 Å². The van der Waals surface area contributed by atoms with E-state index in [9.17, 15) is 0 Å². The summed E-state index contributed by atoms with van der Waals surface area (Å²) in [6, 6.07) is 8.13. The smallest absolute Gasteiger partial charge is 0.120 e. The molecule has 0 radical (unpaired) electrons. The van der Waals surface area contributed by atoms with Crippen LogP contribution < -0.4 is 4.74 Å². The molecule has 0 aromatic heterocycles. The Morgan fingerprint density at radius 1 is 1.22 bits per heavy atom. The van der Waals surface area contributed by atoms with Crippen molar-refractivity contribution >= 4 is 5.57 Å². The molecule has 3 heteroatoms. The second-order valence-electron chi connectivity index (χ2n) is 4.87. The van der Waals surface area contributed by atoms with Crippen LogP contribution in [0.3, 0.4) is 0 Å². The second kappa shape index (κ2) is 4.32. The summed E-state index contributed by atoms with van der Waals surface area (Å²) >= 11 is 0. The standard InChI is InChI=1S/C15H18O3/c1-16-12-6-3-5-11(9-12)14-13(17-2)7-4-8-15(14)10-18-15/h3,5-6,9H,4,7-8,10H2,1-2H3/t15-/m0/s1. The van der Waals surface area contributed by atoms with Gasteiger partial charge in [0.2, 0.25) is 0 Å². The number of epoxide rings is 1. The molecule has 1 saturated heterocycles. The number of ether oxygens (including phenoxy) is 3. The Kier molecular flexibility index (Phi) is 2.78. The second-order valence-corrected chi connectivity index (χ2v) is 4.87. The minimum Gasteiger partial charge on any atom is -0.501 e. The first-order valence-corrected chi connectivity index (χ1v) is 6.35. The van der Waals surface area contributed by atoms with Gasteiger partial charge in [0.25, 0.3) is 0 Å². The maximum absolute atomic E-state index is 5.73. The first-order chi connectivity index (χ1) is 8.79. The van der Waals surface area contributed by atoms with Crippen molar-refractivity contribution in [2.75, 3.05) is 20.8 Å². The van der Waals surface area contributed by atoms with E-state index in [1.54, 1.807) is 14.2 Å². The van der Waals surface area contributed by atoms with Crippen molar-refractivity contribution in [3.63, 3.8) is 0 Å². The highest BCUT2D eigenvalue weighted by Gasteiger charge is 2.51. The van der Waals surface area contributed by atoms with Crippen molar-refractivity contribution in [3.8, 4) is 5.75 Å². The molecule has 1 heterocycles. The summed E-state index contributed by atoms with van der Waals surface area (Å²) in [5, 5.41) is 0. The van der Waals surface area contributed by atoms with Crippen LogP contribution in [0.25, 0.3) is 5.57 Å². The lowest BCUT2D eigenvalue weighted by Gasteiger charge is -2.25. The first kappa shape index (κ1) is 11.6. The van der Waals surface area contributed by atoms with Crippen molar-refractivity contribution in [1.82, 2.24) is 0 Å². The molecule has 0 bridgehead atoms. The van der Waals surface area contributed by atoms with Crippen LogP contribution in [-0.2, 0) is 9.47 Å². The molecule has 1 aliphatic carbocycles. The summed E-state index contributed by atoms with van der Waals surface area (Å²) < 4.78 is 16.6. The average Bonchev–Trinajstić information content (AvgIpc) is 3.18. The Bertz CT molecular complexity index is 486. The molecule has 2 aliphatic rings. The number of hydrogen-bond acceptors (Lipinski definition) is 3. The molecule has 1 aliphatic heterocycles. The van der Waals surface area contributed by atoms with E-state index in [1.165, 1.54) is 5.57 Å². The van der Waals surface area contributed by atoms with E-state index in [1.807, 2.05) is 12.1 Å². The maximum Gasteiger partial charge on any atom is 0.120 e. The Hall–Kier alpha value is -1.48. The van der Waals surface area contributed by atoms with Crippen LogP contribution in [0.5, 0.6) is 5.75 Å². The van der Waals surface area contributed by atoms with Crippen LogP contribution in [0.15, 0.2) is 30.0 Å². The third-order valence-corrected chi connectivity index (χ3v) is 3.82. The highest BCUT2D eigenvalue weighted by Crippen LogP contribution is 2.50. The predicted molar refractivity (Wildman–Crippen MR) is 69.5 cm³/mol. The zero-order valence-electron chi connectivity index (χ0n) is 10.9. The molecule has 0 unspecified atom stereocenters. The van der Waals surface area contributed by atoms with Gasteiger partial charge in [-0.2, -0.15) is 0 Å². The molecule has 1 spiro atoms. The van der Waals surface area contributed by atoms with Crippen LogP contribution in [0, 0.1) is 0 Å². The van der Waals surface area contributed by atoms with Gasteiger partial charge in [-0.15, -0.1) is 0 Å². The minimum absolute atomic E-state index is 0.0873. The summed E-state index contributed by atoms with van der Waals surface area (Å²) in [6.07, 6.45) is 3.22. The molecule has 1 aromatic rings. The third kappa shape index (κ3) is 1.79. The van der Waals surface area contributed by atoms with Crippen LogP contribution in [0.1, 0.15) is 24.8 Å². The lowest BCUT2D eigenvalue weighted by atomic mass is 9.82. The number of hydrogen-bond donors (Lipinski definition) is 0. The third-order valence-electron chi connectivity index (χ3n) is 3.82. The number of methoxy groups -OCH3 is 2. The van der Waals surface area contributed by atoms with Gasteiger partial charge in [0, 0.05) is 12.0 Å². The van der Waals surface area contributed by atoms with Crippen molar-refractivity contribution in [3.05, 3.63) is 35.6 Å². The van der Waals surface area contributed by atoms with Crippen molar-refractivity contribution in [1.29, 1.82) is 0 Å². The summed E-state index contributed by atoms with van der Waals surface area (Å²) in [4.78, 5) is 0. The van der Waals surface area contributed by atoms with Gasteiger partial charge < -0.3 is 14.2 Å². The summed E-state index contributed by atoms with van der Waals surface area (Å²) in [5.41, 5.74) is 2.29. The lowest BCUT2D eigenvalue weighted by molar-refractivity contribution is 0.247. The van der Waals surface area contributed by atoms with E-state index < -0.39 is 0 Å². The molecule has 3 rings (SSSR count). The normalized spacial score (nSPS) is 26.3. The van der Waals surface area contributed by atoms with E-state index in [2.05, 4.69) is 12.1 Å². The van der Waals surface area contributed by atoms with Gasteiger partial charge in [-0.1, -0.05) is 12.1 Å². The largest absolute Gasteiger partial charge is 0.501 e. The molecule has 1 atom stereocenters. The fourth-order valence-corrected chi connectivity index (χ4v) is 2.82. The first-order valence-electron chi connectivity index (χ1n) is 6.35. The fourth-order valence-electron chi connectivity index (χ4n) is 2.82. The SMILES string of the molecule is COC1=C(c2cccc(OC)c2)[C@]2(CCC1)CO2. The van der Waals surface area contributed by atoms with Crippen LogP contribution in [0.4, 0.5) is 0 Å². The van der Waals surface area contributed by atoms with E-state index in [0.29, 0.717) is 0 Å². The predicted octanol–water partition coefficient (Wildman–Crippen LogP) is 3.01. The molecular formula is C15H18O3. The van der Waals surface area contributed by atoms with Crippen LogP contribution in [0.2, 0.25) is 0 Å². The van der Waals surface area contributed by atoms with Gasteiger partial charge in [0.1, 0.15) is 17.1 Å². The molecule has 0 amide bonds. The summed E-state index contributed by atoms with van der Waals surface area (Å²) in [5.74, 6) is 1.93. The zero-order valence-corrected chi connectivity index (χ0v) is 10.9. The van der Waals surface area contributed by atoms with Crippen molar-refractivity contribution in [2.24, 2.45) is 0 Å². The van der Waals surface area contributed by atoms with Gasteiger partial charge >= 0.3 is 0 Å². The highest BCUT2D eigenvalue weighted by molar-refractivity contribution is 5.77.